The zero-order valence-electron chi connectivity index (χ0n) is 10.1. The lowest BCUT2D eigenvalue weighted by atomic mass is 10.1. The van der Waals surface area contributed by atoms with Gasteiger partial charge in [0.15, 0.2) is 0 Å². The van der Waals surface area contributed by atoms with Crippen molar-refractivity contribution >= 4 is 17.5 Å². The van der Waals surface area contributed by atoms with Gasteiger partial charge in [0.25, 0.3) is 0 Å². The Kier molecular flexibility index (Phi) is 4.75. The van der Waals surface area contributed by atoms with Crippen LogP contribution < -0.4 is 4.74 Å². The van der Waals surface area contributed by atoms with E-state index in [1.807, 2.05) is 4.90 Å². The van der Waals surface area contributed by atoms with Gasteiger partial charge in [0.05, 0.1) is 0 Å². The lowest BCUT2D eigenvalue weighted by Gasteiger charge is -2.31. The van der Waals surface area contributed by atoms with Crippen LogP contribution in [0.3, 0.4) is 0 Å². The van der Waals surface area contributed by atoms with Crippen LogP contribution in [0.5, 0.6) is 5.88 Å². The van der Waals surface area contributed by atoms with Crippen molar-refractivity contribution in [3.63, 3.8) is 0 Å². The first kappa shape index (κ1) is 13.1. The maximum Gasteiger partial charge on any atom is 0.223 e. The molecule has 2 heterocycles. The van der Waals surface area contributed by atoms with E-state index in [2.05, 4.69) is 9.97 Å². The number of amides is 1. The molecule has 0 atom stereocenters. The summed E-state index contributed by atoms with van der Waals surface area (Å²) in [4.78, 5) is 21.4. The predicted molar refractivity (Wildman–Crippen MR) is 67.6 cm³/mol. The van der Waals surface area contributed by atoms with Gasteiger partial charge in [0.2, 0.25) is 11.8 Å². The van der Waals surface area contributed by atoms with Gasteiger partial charge in [-0.2, -0.15) is 0 Å². The largest absolute Gasteiger partial charge is 0.474 e. The highest BCUT2D eigenvalue weighted by atomic mass is 35.5. The number of alkyl halides is 1. The third-order valence-electron chi connectivity index (χ3n) is 2.95. The van der Waals surface area contributed by atoms with Crippen LogP contribution in [-0.4, -0.2) is 45.8 Å². The highest BCUT2D eigenvalue weighted by Crippen LogP contribution is 2.17. The van der Waals surface area contributed by atoms with E-state index in [0.717, 1.165) is 25.9 Å². The van der Waals surface area contributed by atoms with Gasteiger partial charge in [-0.3, -0.25) is 4.79 Å². The van der Waals surface area contributed by atoms with E-state index < -0.39 is 0 Å². The summed E-state index contributed by atoms with van der Waals surface area (Å²) in [6.45, 7) is 1.46. The Hall–Kier alpha value is -1.36. The van der Waals surface area contributed by atoms with E-state index in [4.69, 9.17) is 16.3 Å². The minimum Gasteiger partial charge on any atom is -0.474 e. The number of rotatable bonds is 4. The Labute approximate surface area is 111 Å². The third-order valence-corrected chi connectivity index (χ3v) is 3.13. The molecular weight excluding hydrogens is 254 g/mol. The normalized spacial score (nSPS) is 16.6. The SMILES string of the molecule is O=C(CCCl)N1CCC(Oc2ccncn2)CC1. The molecule has 1 aliphatic rings. The van der Waals surface area contributed by atoms with Gasteiger partial charge >= 0.3 is 0 Å². The summed E-state index contributed by atoms with van der Waals surface area (Å²) in [6.07, 6.45) is 5.32. The topological polar surface area (TPSA) is 55.3 Å². The Balaban J connectivity index is 1.78. The third kappa shape index (κ3) is 3.57. The van der Waals surface area contributed by atoms with Gasteiger partial charge in [-0.15, -0.1) is 11.6 Å². The second kappa shape index (κ2) is 6.54. The van der Waals surface area contributed by atoms with Crippen LogP contribution in [-0.2, 0) is 4.79 Å². The van der Waals surface area contributed by atoms with Crippen molar-refractivity contribution in [3.05, 3.63) is 18.6 Å². The van der Waals surface area contributed by atoms with Gasteiger partial charge < -0.3 is 9.64 Å². The number of likely N-dealkylation sites (tertiary alicyclic amines) is 1. The molecule has 1 amide bonds. The van der Waals surface area contributed by atoms with Gasteiger partial charge in [-0.1, -0.05) is 0 Å². The standard InChI is InChI=1S/C12H16ClN3O2/c13-5-1-12(17)16-7-3-10(4-8-16)18-11-2-6-14-9-15-11/h2,6,9-10H,1,3-5,7-8H2. The maximum atomic E-state index is 11.6. The fourth-order valence-corrected chi connectivity index (χ4v) is 2.14. The fourth-order valence-electron chi connectivity index (χ4n) is 1.98. The summed E-state index contributed by atoms with van der Waals surface area (Å²) >= 11 is 5.57. The monoisotopic (exact) mass is 269 g/mol. The Bertz CT molecular complexity index is 380. The minimum atomic E-state index is 0.125. The van der Waals surface area contributed by atoms with E-state index in [-0.39, 0.29) is 12.0 Å². The quantitative estimate of drug-likeness (QED) is 0.777. The molecule has 1 aliphatic heterocycles. The number of ether oxygens (including phenoxy) is 1. The zero-order chi connectivity index (χ0) is 12.8. The van der Waals surface area contributed by atoms with Crippen molar-refractivity contribution in [3.8, 4) is 5.88 Å². The number of hydrogen-bond donors (Lipinski definition) is 0. The van der Waals surface area contributed by atoms with E-state index in [9.17, 15) is 4.79 Å². The molecule has 1 fully saturated rings. The van der Waals surface area contributed by atoms with Crippen LogP contribution in [0.2, 0.25) is 0 Å². The number of aromatic nitrogens is 2. The van der Waals surface area contributed by atoms with Gasteiger partial charge in [-0.05, 0) is 0 Å². The summed E-state index contributed by atoms with van der Waals surface area (Å²) in [7, 11) is 0. The number of nitrogens with zero attached hydrogens (tertiary/aromatic N) is 3. The zero-order valence-corrected chi connectivity index (χ0v) is 10.8. The summed E-state index contributed by atoms with van der Waals surface area (Å²) in [6, 6.07) is 1.74. The Morgan fingerprint density at radius 3 is 2.89 bits per heavy atom. The first-order valence-corrected chi connectivity index (χ1v) is 6.59. The molecule has 6 heteroatoms. The fraction of sp³-hybridized carbons (Fsp3) is 0.583. The molecule has 1 aromatic rings. The molecule has 0 aromatic carbocycles. The van der Waals surface area contributed by atoms with Crippen molar-refractivity contribution in [1.82, 2.24) is 14.9 Å². The van der Waals surface area contributed by atoms with Crippen LogP contribution in [0.25, 0.3) is 0 Å². The van der Waals surface area contributed by atoms with Crippen LogP contribution in [0.15, 0.2) is 18.6 Å². The van der Waals surface area contributed by atoms with E-state index in [1.165, 1.54) is 6.33 Å². The smallest absolute Gasteiger partial charge is 0.223 e. The summed E-state index contributed by atoms with van der Waals surface area (Å²) in [5.41, 5.74) is 0. The van der Waals surface area contributed by atoms with Crippen molar-refractivity contribution in [2.75, 3.05) is 19.0 Å². The molecule has 5 nitrogen and oxygen atoms in total. The van der Waals surface area contributed by atoms with E-state index >= 15 is 0 Å². The summed E-state index contributed by atoms with van der Waals surface area (Å²) in [5, 5.41) is 0. The molecule has 98 valence electrons. The van der Waals surface area contributed by atoms with Crippen molar-refractivity contribution in [2.45, 2.75) is 25.4 Å². The molecule has 2 rings (SSSR count). The Morgan fingerprint density at radius 1 is 1.50 bits per heavy atom. The van der Waals surface area contributed by atoms with Crippen molar-refractivity contribution < 1.29 is 9.53 Å². The first-order valence-electron chi connectivity index (χ1n) is 6.06. The van der Waals surface area contributed by atoms with Crippen molar-refractivity contribution in [2.24, 2.45) is 0 Å². The van der Waals surface area contributed by atoms with Gasteiger partial charge in [-0.25, -0.2) is 9.97 Å². The highest BCUT2D eigenvalue weighted by Gasteiger charge is 2.23. The second-order valence-electron chi connectivity index (χ2n) is 4.18. The lowest BCUT2D eigenvalue weighted by molar-refractivity contribution is -0.132. The van der Waals surface area contributed by atoms with Crippen molar-refractivity contribution in [1.29, 1.82) is 0 Å². The van der Waals surface area contributed by atoms with E-state index in [1.54, 1.807) is 12.3 Å². The first-order chi connectivity index (χ1) is 8.79. The lowest BCUT2D eigenvalue weighted by Crippen LogP contribution is -2.41. The average Bonchev–Trinajstić information content (AvgIpc) is 2.41. The second-order valence-corrected chi connectivity index (χ2v) is 4.56. The summed E-state index contributed by atoms with van der Waals surface area (Å²) in [5.74, 6) is 1.11. The van der Waals surface area contributed by atoms with Gasteiger partial charge in [0.1, 0.15) is 12.4 Å². The summed E-state index contributed by atoms with van der Waals surface area (Å²) < 4.78 is 5.73. The molecule has 18 heavy (non-hydrogen) atoms. The number of carbonyl (C=O) groups is 1. The van der Waals surface area contributed by atoms with Crippen LogP contribution in [0.1, 0.15) is 19.3 Å². The molecule has 0 unspecified atom stereocenters. The van der Waals surface area contributed by atoms with Crippen LogP contribution in [0, 0.1) is 0 Å². The molecule has 1 saturated heterocycles. The van der Waals surface area contributed by atoms with E-state index in [0.29, 0.717) is 18.2 Å². The Morgan fingerprint density at radius 2 is 2.28 bits per heavy atom. The minimum absolute atomic E-state index is 0.125. The molecule has 0 radical (unpaired) electrons. The molecule has 0 aliphatic carbocycles. The molecule has 0 saturated carbocycles. The van der Waals surface area contributed by atoms with Crippen LogP contribution in [0.4, 0.5) is 0 Å². The number of hydrogen-bond acceptors (Lipinski definition) is 4. The maximum absolute atomic E-state index is 11.6. The van der Waals surface area contributed by atoms with Crippen LogP contribution >= 0.6 is 11.6 Å². The number of halogens is 1. The number of carbonyl (C=O) groups excluding carboxylic acids is 1. The molecule has 0 spiro atoms. The number of piperidine rings is 1. The van der Waals surface area contributed by atoms with Gasteiger partial charge in [0, 0.05) is 50.5 Å². The molecule has 0 bridgehead atoms. The highest BCUT2D eigenvalue weighted by molar-refractivity contribution is 6.18. The average molecular weight is 270 g/mol. The molecular formula is C12H16ClN3O2. The predicted octanol–water partition coefficient (Wildman–Crippen LogP) is 1.48. The molecule has 1 aromatic heterocycles. The molecule has 0 N–H and O–H groups in total.